The van der Waals surface area contributed by atoms with E-state index < -0.39 is 0 Å². The van der Waals surface area contributed by atoms with E-state index >= 15 is 0 Å². The Kier molecular flexibility index (Phi) is 5.91. The molecule has 2 aliphatic heterocycles. The second kappa shape index (κ2) is 8.83. The Labute approximate surface area is 194 Å². The maximum absolute atomic E-state index is 13.2. The smallest absolute Gasteiger partial charge is 0.254 e. The van der Waals surface area contributed by atoms with Gasteiger partial charge in [-0.05, 0) is 42.4 Å². The van der Waals surface area contributed by atoms with Crippen LogP contribution < -0.4 is 0 Å². The van der Waals surface area contributed by atoms with Crippen LogP contribution in [-0.2, 0) is 11.3 Å². The third kappa shape index (κ3) is 4.39. The first-order valence-corrected chi connectivity index (χ1v) is 11.9. The first kappa shape index (κ1) is 21.4. The van der Waals surface area contributed by atoms with E-state index in [4.69, 9.17) is 11.6 Å². The molecule has 1 aromatic carbocycles. The fourth-order valence-corrected chi connectivity index (χ4v) is 5.48. The fourth-order valence-electron chi connectivity index (χ4n) is 5.31. The van der Waals surface area contributed by atoms with Crippen LogP contribution in [0.15, 0.2) is 48.7 Å². The van der Waals surface area contributed by atoms with Crippen molar-refractivity contribution in [1.82, 2.24) is 19.7 Å². The second-order valence-electron chi connectivity index (χ2n) is 9.37. The number of carbonyl (C=O) groups excluding carboxylic acids is 2. The monoisotopic (exact) mass is 452 g/mol. The molecule has 1 aromatic heterocycles. The third-order valence-corrected chi connectivity index (χ3v) is 7.65. The molecule has 1 saturated carbocycles. The van der Waals surface area contributed by atoms with Crippen molar-refractivity contribution in [3.8, 4) is 0 Å². The standard InChI is InChI=1S/C25H29ClN4O2/c26-22-16-20(6-9-27-22)23(31)29-10-7-25(8-11-29)17-21(25)24(32)30-14-12-28(13-15-30)18-19-4-2-1-3-5-19/h1-6,9,16,21H,7-8,10-15,17-18H2/t21-/m1/s1. The van der Waals surface area contributed by atoms with Crippen LogP contribution in [0.2, 0.25) is 5.15 Å². The summed E-state index contributed by atoms with van der Waals surface area (Å²) in [5, 5.41) is 0.334. The van der Waals surface area contributed by atoms with Gasteiger partial charge in [0, 0.05) is 63.5 Å². The molecule has 168 valence electrons. The van der Waals surface area contributed by atoms with E-state index in [0.29, 0.717) is 29.7 Å². The number of hydrogen-bond acceptors (Lipinski definition) is 4. The molecule has 5 rings (SSSR count). The van der Waals surface area contributed by atoms with Crippen LogP contribution in [0.1, 0.15) is 35.2 Å². The lowest BCUT2D eigenvalue weighted by Gasteiger charge is -2.36. The van der Waals surface area contributed by atoms with Gasteiger partial charge >= 0.3 is 0 Å². The zero-order valence-corrected chi connectivity index (χ0v) is 19.0. The number of piperidine rings is 1. The van der Waals surface area contributed by atoms with Crippen molar-refractivity contribution in [3.05, 3.63) is 64.9 Å². The third-order valence-electron chi connectivity index (χ3n) is 7.44. The molecular weight excluding hydrogens is 424 g/mol. The van der Waals surface area contributed by atoms with Crippen molar-refractivity contribution >= 4 is 23.4 Å². The van der Waals surface area contributed by atoms with Crippen LogP contribution in [0.25, 0.3) is 0 Å². The first-order chi connectivity index (χ1) is 15.5. The summed E-state index contributed by atoms with van der Waals surface area (Å²) >= 11 is 5.93. The van der Waals surface area contributed by atoms with Crippen LogP contribution in [0.3, 0.4) is 0 Å². The fraction of sp³-hybridized carbons (Fsp3) is 0.480. The topological polar surface area (TPSA) is 56.8 Å². The van der Waals surface area contributed by atoms with Gasteiger partial charge in [-0.15, -0.1) is 0 Å². The van der Waals surface area contributed by atoms with E-state index in [1.807, 2.05) is 11.0 Å². The largest absolute Gasteiger partial charge is 0.340 e. The summed E-state index contributed by atoms with van der Waals surface area (Å²) in [6.07, 6.45) is 4.35. The minimum atomic E-state index is 0.00205. The van der Waals surface area contributed by atoms with Crippen molar-refractivity contribution in [2.45, 2.75) is 25.8 Å². The summed E-state index contributed by atoms with van der Waals surface area (Å²) in [6.45, 7) is 5.83. The van der Waals surface area contributed by atoms with Crippen molar-refractivity contribution in [2.75, 3.05) is 39.3 Å². The van der Waals surface area contributed by atoms with Gasteiger partial charge in [0.2, 0.25) is 5.91 Å². The van der Waals surface area contributed by atoms with Gasteiger partial charge in [-0.2, -0.15) is 0 Å². The van der Waals surface area contributed by atoms with Gasteiger partial charge in [-0.25, -0.2) is 4.98 Å². The average Bonchev–Trinajstić information content (AvgIpc) is 3.53. The van der Waals surface area contributed by atoms with Crippen molar-refractivity contribution < 1.29 is 9.59 Å². The number of amides is 2. The van der Waals surface area contributed by atoms with Crippen molar-refractivity contribution in [2.24, 2.45) is 11.3 Å². The highest BCUT2D eigenvalue weighted by atomic mass is 35.5. The number of aromatic nitrogens is 1. The highest BCUT2D eigenvalue weighted by molar-refractivity contribution is 6.29. The Morgan fingerprint density at radius 2 is 1.69 bits per heavy atom. The molecule has 0 radical (unpaired) electrons. The van der Waals surface area contributed by atoms with E-state index in [0.717, 1.165) is 52.0 Å². The Bertz CT molecular complexity index is 982. The molecular formula is C25H29ClN4O2. The first-order valence-electron chi connectivity index (χ1n) is 11.5. The number of likely N-dealkylation sites (tertiary alicyclic amines) is 1. The predicted molar refractivity (Wildman–Crippen MR) is 123 cm³/mol. The Morgan fingerprint density at radius 3 is 2.38 bits per heavy atom. The van der Waals surface area contributed by atoms with Gasteiger partial charge in [0.1, 0.15) is 5.15 Å². The van der Waals surface area contributed by atoms with E-state index in [1.54, 1.807) is 18.3 Å². The summed E-state index contributed by atoms with van der Waals surface area (Å²) in [6, 6.07) is 13.8. The number of pyridine rings is 1. The van der Waals surface area contributed by atoms with Crippen LogP contribution in [-0.4, -0.2) is 70.8 Å². The SMILES string of the molecule is O=C(c1ccnc(Cl)c1)N1CCC2(CC1)C[C@@H]2C(=O)N1CCN(Cc2ccccc2)CC1. The predicted octanol–water partition coefficient (Wildman–Crippen LogP) is 3.32. The minimum Gasteiger partial charge on any atom is -0.340 e. The minimum absolute atomic E-state index is 0.00205. The molecule has 2 aromatic rings. The van der Waals surface area contributed by atoms with Gasteiger partial charge in [-0.1, -0.05) is 41.9 Å². The molecule has 0 bridgehead atoms. The van der Waals surface area contributed by atoms with E-state index in [-0.39, 0.29) is 17.2 Å². The highest BCUT2D eigenvalue weighted by Crippen LogP contribution is 2.60. The summed E-state index contributed by atoms with van der Waals surface area (Å²) in [5.74, 6) is 0.461. The van der Waals surface area contributed by atoms with Crippen molar-refractivity contribution in [3.63, 3.8) is 0 Å². The molecule has 6 nitrogen and oxygen atoms in total. The molecule has 1 atom stereocenters. The van der Waals surface area contributed by atoms with Gasteiger partial charge < -0.3 is 9.80 Å². The molecule has 0 unspecified atom stereocenters. The van der Waals surface area contributed by atoms with E-state index in [9.17, 15) is 9.59 Å². The maximum Gasteiger partial charge on any atom is 0.254 e. The van der Waals surface area contributed by atoms with Crippen LogP contribution in [0.4, 0.5) is 0 Å². The summed E-state index contributed by atoms with van der Waals surface area (Å²) in [4.78, 5) is 36.3. The summed E-state index contributed by atoms with van der Waals surface area (Å²) in [5.41, 5.74) is 2.01. The van der Waals surface area contributed by atoms with Gasteiger partial charge in [0.05, 0.1) is 0 Å². The number of benzene rings is 1. The summed E-state index contributed by atoms with van der Waals surface area (Å²) in [7, 11) is 0. The molecule has 32 heavy (non-hydrogen) atoms. The zero-order valence-electron chi connectivity index (χ0n) is 18.3. The Hall–Kier alpha value is -2.44. The number of halogens is 1. The molecule has 3 fully saturated rings. The van der Waals surface area contributed by atoms with Gasteiger partial charge in [0.15, 0.2) is 0 Å². The molecule has 1 aliphatic carbocycles. The molecule has 3 aliphatic rings. The van der Waals surface area contributed by atoms with Crippen LogP contribution in [0, 0.1) is 11.3 Å². The lowest BCUT2D eigenvalue weighted by atomic mass is 9.90. The normalized spacial score (nSPS) is 22.7. The maximum atomic E-state index is 13.2. The van der Waals surface area contributed by atoms with E-state index in [1.165, 1.54) is 5.56 Å². The van der Waals surface area contributed by atoms with E-state index in [2.05, 4.69) is 39.0 Å². The number of rotatable bonds is 4. The molecule has 3 heterocycles. The second-order valence-corrected chi connectivity index (χ2v) is 9.75. The van der Waals surface area contributed by atoms with Gasteiger partial charge in [-0.3, -0.25) is 14.5 Å². The quantitative estimate of drug-likeness (QED) is 0.668. The van der Waals surface area contributed by atoms with Crippen LogP contribution in [0.5, 0.6) is 0 Å². The number of carbonyl (C=O) groups is 2. The molecule has 2 saturated heterocycles. The average molecular weight is 453 g/mol. The molecule has 0 N–H and O–H groups in total. The zero-order chi connectivity index (χ0) is 22.1. The number of piperazine rings is 1. The molecule has 2 amide bonds. The highest BCUT2D eigenvalue weighted by Gasteiger charge is 2.59. The molecule has 1 spiro atoms. The Balaban J connectivity index is 1.10. The number of nitrogens with zero attached hydrogens (tertiary/aromatic N) is 4. The number of hydrogen-bond donors (Lipinski definition) is 0. The Morgan fingerprint density at radius 1 is 0.969 bits per heavy atom. The lowest BCUT2D eigenvalue weighted by molar-refractivity contribution is -0.135. The summed E-state index contributed by atoms with van der Waals surface area (Å²) < 4.78 is 0. The van der Waals surface area contributed by atoms with Gasteiger partial charge in [0.25, 0.3) is 5.91 Å². The van der Waals surface area contributed by atoms with Crippen molar-refractivity contribution in [1.29, 1.82) is 0 Å². The van der Waals surface area contributed by atoms with Crippen LogP contribution >= 0.6 is 11.6 Å². The molecule has 7 heteroatoms. The lowest BCUT2D eigenvalue weighted by Crippen LogP contribution is -2.49.